The van der Waals surface area contributed by atoms with Crippen molar-refractivity contribution in [1.82, 2.24) is 20.7 Å². The van der Waals surface area contributed by atoms with Crippen LogP contribution in [0.15, 0.2) is 48.2 Å². The number of alkyl halides is 3. The Morgan fingerprint density at radius 1 is 1.23 bits per heavy atom. The third-order valence-electron chi connectivity index (χ3n) is 6.14. The first-order valence-electron chi connectivity index (χ1n) is 12.6. The maximum absolute atomic E-state index is 13.5. The van der Waals surface area contributed by atoms with E-state index >= 15 is 0 Å². The van der Waals surface area contributed by atoms with Gasteiger partial charge in [0.2, 0.25) is 11.8 Å². The van der Waals surface area contributed by atoms with Crippen molar-refractivity contribution >= 4 is 23.7 Å². The third-order valence-corrected chi connectivity index (χ3v) is 6.14. The summed E-state index contributed by atoms with van der Waals surface area (Å²) in [6.07, 6.45) is 3.12. The smallest absolute Gasteiger partial charge is 0.417 e. The van der Waals surface area contributed by atoms with E-state index in [4.69, 9.17) is 11.2 Å². The van der Waals surface area contributed by atoms with Gasteiger partial charge >= 0.3 is 12.1 Å². The molecule has 3 N–H and O–H groups in total. The molecule has 0 radical (unpaired) electrons. The molecule has 1 aromatic heterocycles. The summed E-state index contributed by atoms with van der Waals surface area (Å²) in [4.78, 5) is 53.5. The second-order valence-corrected chi connectivity index (χ2v) is 8.87. The standard InChI is InChI=1S/C28H29F3N4O5/c1-3-5-13-24(36)35(23(27(39)40-4-2)12-8-9-18-16-17-32-25(18)37)34-26(38)22-15-14-21(33-22)19-10-6-7-11-20(19)28(29,30)31/h1,6-7,10-12,14-15,18,33H,4-5,8-9,13,16-17H2,2H3,(H,32,37)(H,34,38)/b23-12-/t18-/m0/s1. The average molecular weight is 559 g/mol. The lowest BCUT2D eigenvalue weighted by Crippen LogP contribution is -2.47. The minimum Gasteiger partial charge on any atom is -0.461 e. The second kappa shape index (κ2) is 13.5. The molecule has 0 saturated carbocycles. The van der Waals surface area contributed by atoms with Crippen molar-refractivity contribution in [3.8, 4) is 23.6 Å². The van der Waals surface area contributed by atoms with Crippen LogP contribution in [-0.4, -0.2) is 46.8 Å². The number of hydrogen-bond acceptors (Lipinski definition) is 5. The lowest BCUT2D eigenvalue weighted by molar-refractivity contribution is -0.145. The highest BCUT2D eigenvalue weighted by atomic mass is 19.4. The summed E-state index contributed by atoms with van der Waals surface area (Å²) in [7, 11) is 0. The van der Waals surface area contributed by atoms with Gasteiger partial charge < -0.3 is 15.0 Å². The van der Waals surface area contributed by atoms with E-state index in [1.165, 1.54) is 36.4 Å². The van der Waals surface area contributed by atoms with Crippen LogP contribution < -0.4 is 10.7 Å². The fourth-order valence-corrected chi connectivity index (χ4v) is 4.17. The van der Waals surface area contributed by atoms with E-state index < -0.39 is 29.5 Å². The van der Waals surface area contributed by atoms with Gasteiger partial charge in [-0.15, -0.1) is 12.3 Å². The van der Waals surface area contributed by atoms with Crippen molar-refractivity contribution in [3.63, 3.8) is 0 Å². The number of amides is 3. The zero-order chi connectivity index (χ0) is 29.3. The molecule has 3 rings (SSSR count). The van der Waals surface area contributed by atoms with Crippen LogP contribution in [-0.2, 0) is 25.3 Å². The maximum Gasteiger partial charge on any atom is 0.417 e. The van der Waals surface area contributed by atoms with E-state index in [0.29, 0.717) is 19.4 Å². The number of aromatic amines is 1. The number of allylic oxidation sites excluding steroid dienone is 1. The fourth-order valence-electron chi connectivity index (χ4n) is 4.17. The fraction of sp³-hybridized carbons (Fsp3) is 0.357. The number of aromatic nitrogens is 1. The number of halogens is 3. The van der Waals surface area contributed by atoms with Gasteiger partial charge in [-0.1, -0.05) is 24.3 Å². The number of carbonyl (C=O) groups excluding carboxylic acids is 4. The average Bonchev–Trinajstić information content (AvgIpc) is 3.57. The Balaban J connectivity index is 1.89. The lowest BCUT2D eigenvalue weighted by atomic mass is 10.0. The molecule has 40 heavy (non-hydrogen) atoms. The van der Waals surface area contributed by atoms with Gasteiger partial charge in [0.25, 0.3) is 5.91 Å². The molecule has 1 aliphatic heterocycles. The highest BCUT2D eigenvalue weighted by Gasteiger charge is 2.34. The molecule has 2 heterocycles. The summed E-state index contributed by atoms with van der Waals surface area (Å²) in [5.41, 5.74) is 0.889. The number of H-pyrrole nitrogens is 1. The Labute approximate surface area is 229 Å². The molecule has 9 nitrogen and oxygen atoms in total. The summed E-state index contributed by atoms with van der Waals surface area (Å²) in [6.45, 7) is 2.11. The predicted octanol–water partition coefficient (Wildman–Crippen LogP) is 3.95. The molecular formula is C28H29F3N4O5. The Kier molecular flexibility index (Phi) is 10.1. The van der Waals surface area contributed by atoms with Crippen LogP contribution in [0.3, 0.4) is 0 Å². The number of hydrogen-bond donors (Lipinski definition) is 3. The molecule has 2 aromatic rings. The predicted molar refractivity (Wildman–Crippen MR) is 139 cm³/mol. The zero-order valence-corrected chi connectivity index (χ0v) is 21.8. The molecule has 0 aliphatic carbocycles. The lowest BCUT2D eigenvalue weighted by Gasteiger charge is -2.24. The van der Waals surface area contributed by atoms with Gasteiger partial charge in [0, 0.05) is 36.6 Å². The van der Waals surface area contributed by atoms with Crippen molar-refractivity contribution in [2.24, 2.45) is 5.92 Å². The number of nitrogens with one attached hydrogen (secondary N) is 3. The molecule has 1 saturated heterocycles. The Bertz CT molecular complexity index is 1330. The third kappa shape index (κ3) is 7.53. The molecule has 0 spiro atoms. The number of rotatable bonds is 10. The molecule has 0 unspecified atom stereocenters. The number of nitrogens with zero attached hydrogens (tertiary/aromatic N) is 1. The second-order valence-electron chi connectivity index (χ2n) is 8.87. The number of esters is 1. The number of terminal acetylenes is 1. The Hall–Kier alpha value is -4.53. The van der Waals surface area contributed by atoms with Gasteiger partial charge in [0.1, 0.15) is 11.4 Å². The van der Waals surface area contributed by atoms with Crippen LogP contribution in [0.1, 0.15) is 55.1 Å². The highest BCUT2D eigenvalue weighted by Crippen LogP contribution is 2.36. The molecule has 0 bridgehead atoms. The molecule has 1 fully saturated rings. The quantitative estimate of drug-likeness (QED) is 0.177. The minimum absolute atomic E-state index is 0.0138. The Morgan fingerprint density at radius 3 is 2.62 bits per heavy atom. The van der Waals surface area contributed by atoms with Gasteiger partial charge in [-0.25, -0.2) is 9.80 Å². The van der Waals surface area contributed by atoms with Gasteiger partial charge in [-0.05, 0) is 44.4 Å². The summed E-state index contributed by atoms with van der Waals surface area (Å²) >= 11 is 0. The first-order chi connectivity index (χ1) is 19.1. The highest BCUT2D eigenvalue weighted by molar-refractivity contribution is 5.98. The molecule has 1 aromatic carbocycles. The largest absolute Gasteiger partial charge is 0.461 e. The normalized spacial score (nSPS) is 15.2. The number of carbonyl (C=O) groups is 4. The van der Waals surface area contributed by atoms with Crippen LogP contribution in [0.4, 0.5) is 13.2 Å². The number of benzene rings is 1. The topological polar surface area (TPSA) is 121 Å². The van der Waals surface area contributed by atoms with Crippen molar-refractivity contribution in [1.29, 1.82) is 0 Å². The monoisotopic (exact) mass is 558 g/mol. The van der Waals surface area contributed by atoms with Crippen LogP contribution in [0.25, 0.3) is 11.3 Å². The summed E-state index contributed by atoms with van der Waals surface area (Å²) in [6, 6.07) is 7.44. The maximum atomic E-state index is 13.5. The van der Waals surface area contributed by atoms with E-state index in [9.17, 15) is 32.3 Å². The van der Waals surface area contributed by atoms with E-state index in [0.717, 1.165) is 11.1 Å². The first-order valence-corrected chi connectivity index (χ1v) is 12.6. The van der Waals surface area contributed by atoms with Crippen molar-refractivity contribution in [3.05, 3.63) is 59.4 Å². The SMILES string of the molecule is C#CCCC(=O)N(NC(=O)c1ccc(-c2ccccc2C(F)(F)F)[nH]1)/C(=C\CC[C@H]1CCNC1=O)C(=O)OCC. The van der Waals surface area contributed by atoms with Gasteiger partial charge in [0.15, 0.2) is 0 Å². The molecule has 1 aliphatic rings. The summed E-state index contributed by atoms with van der Waals surface area (Å²) in [5, 5.41) is 3.46. The molecule has 12 heteroatoms. The van der Waals surface area contributed by atoms with E-state index in [2.05, 4.69) is 21.6 Å². The summed E-state index contributed by atoms with van der Waals surface area (Å²) in [5.74, 6) is -0.529. The van der Waals surface area contributed by atoms with Crippen LogP contribution in [0.2, 0.25) is 0 Å². The van der Waals surface area contributed by atoms with Gasteiger partial charge in [-0.2, -0.15) is 13.2 Å². The molecular weight excluding hydrogens is 529 g/mol. The minimum atomic E-state index is -4.62. The summed E-state index contributed by atoms with van der Waals surface area (Å²) < 4.78 is 45.6. The number of ether oxygens (including phenoxy) is 1. The number of hydrazine groups is 1. The van der Waals surface area contributed by atoms with Crippen LogP contribution >= 0.6 is 0 Å². The first kappa shape index (κ1) is 30.0. The van der Waals surface area contributed by atoms with Gasteiger partial charge in [-0.3, -0.25) is 19.8 Å². The van der Waals surface area contributed by atoms with E-state index in [-0.39, 0.29) is 60.3 Å². The van der Waals surface area contributed by atoms with E-state index in [1.54, 1.807) is 6.92 Å². The zero-order valence-electron chi connectivity index (χ0n) is 21.8. The molecule has 1 atom stereocenters. The van der Waals surface area contributed by atoms with E-state index in [1.807, 2.05) is 0 Å². The van der Waals surface area contributed by atoms with Crippen molar-refractivity contribution in [2.75, 3.05) is 13.2 Å². The molecule has 3 amide bonds. The van der Waals surface area contributed by atoms with Crippen molar-refractivity contribution in [2.45, 2.75) is 45.2 Å². The van der Waals surface area contributed by atoms with Crippen LogP contribution in [0.5, 0.6) is 0 Å². The van der Waals surface area contributed by atoms with Crippen LogP contribution in [0, 0.1) is 18.3 Å². The Morgan fingerprint density at radius 2 is 1.98 bits per heavy atom. The van der Waals surface area contributed by atoms with Gasteiger partial charge in [0.05, 0.1) is 12.2 Å². The van der Waals surface area contributed by atoms with Crippen molar-refractivity contribution < 1.29 is 37.1 Å². The molecule has 212 valence electrons.